The molecular weight excluding hydrogens is 479 g/mol. The highest BCUT2D eigenvalue weighted by atomic mass is 32.1. The van der Waals surface area contributed by atoms with Crippen molar-refractivity contribution in [3.05, 3.63) is 71.0 Å². The molecule has 5 rings (SSSR count). The molecule has 3 aromatic heterocycles. The van der Waals surface area contributed by atoms with Gasteiger partial charge in [-0.05, 0) is 65.0 Å². The van der Waals surface area contributed by atoms with Gasteiger partial charge in [0.1, 0.15) is 5.75 Å². The first-order valence-electron chi connectivity index (χ1n) is 10.7. The Morgan fingerprint density at radius 2 is 1.83 bits per heavy atom. The summed E-state index contributed by atoms with van der Waals surface area (Å²) in [6, 6.07) is 18.6. The summed E-state index contributed by atoms with van der Waals surface area (Å²) in [5, 5.41) is 15.0. The van der Waals surface area contributed by atoms with Crippen LogP contribution in [0.4, 0.5) is 13.2 Å². The van der Waals surface area contributed by atoms with Crippen molar-refractivity contribution in [2.45, 2.75) is 19.0 Å². The van der Waals surface area contributed by atoms with Gasteiger partial charge < -0.3 is 9.72 Å². The second-order valence-electron chi connectivity index (χ2n) is 7.78. The Morgan fingerprint density at radius 1 is 1.03 bits per heavy atom. The molecule has 0 unspecified atom stereocenters. The highest BCUT2D eigenvalue weighted by Crippen LogP contribution is 2.38. The highest BCUT2D eigenvalue weighted by molar-refractivity contribution is 7.22. The molecule has 11 heteroatoms. The van der Waals surface area contributed by atoms with E-state index < -0.39 is 12.6 Å². The number of halogens is 3. The summed E-state index contributed by atoms with van der Waals surface area (Å²) in [6.45, 7) is -0.0365. The summed E-state index contributed by atoms with van der Waals surface area (Å²) in [6.07, 6.45) is -5.20. The van der Waals surface area contributed by atoms with E-state index in [2.05, 4.69) is 25.6 Å². The molecule has 35 heavy (non-hydrogen) atoms. The normalized spacial score (nSPS) is 11.7. The molecular formula is C24H18F3N5O2S. The van der Waals surface area contributed by atoms with E-state index in [-0.39, 0.29) is 24.4 Å². The molecule has 0 spiro atoms. The van der Waals surface area contributed by atoms with Crippen molar-refractivity contribution >= 4 is 21.4 Å². The molecule has 5 aromatic rings. The second-order valence-corrected chi connectivity index (χ2v) is 8.86. The summed E-state index contributed by atoms with van der Waals surface area (Å²) in [5.74, 6) is 0.638. The van der Waals surface area contributed by atoms with Crippen molar-refractivity contribution in [3.8, 4) is 38.8 Å². The monoisotopic (exact) mass is 497 g/mol. The van der Waals surface area contributed by atoms with Crippen LogP contribution in [-0.2, 0) is 0 Å². The Balaban J connectivity index is 1.48. The van der Waals surface area contributed by atoms with Crippen LogP contribution in [0.2, 0.25) is 0 Å². The Labute approximate surface area is 200 Å². The summed E-state index contributed by atoms with van der Waals surface area (Å²) < 4.78 is 43.4. The van der Waals surface area contributed by atoms with Crippen LogP contribution in [0, 0.1) is 0 Å². The smallest absolute Gasteiger partial charge is 0.389 e. The molecule has 0 fully saturated rings. The van der Waals surface area contributed by atoms with Crippen molar-refractivity contribution in [1.82, 2.24) is 25.6 Å². The minimum absolute atomic E-state index is 0.0365. The van der Waals surface area contributed by atoms with Crippen LogP contribution < -0.4 is 10.3 Å². The van der Waals surface area contributed by atoms with E-state index in [1.54, 1.807) is 35.6 Å². The zero-order valence-corrected chi connectivity index (χ0v) is 18.9. The number of aromatic amines is 2. The van der Waals surface area contributed by atoms with Crippen LogP contribution >= 0.6 is 11.3 Å². The van der Waals surface area contributed by atoms with Crippen molar-refractivity contribution < 1.29 is 17.9 Å². The number of thiophene rings is 1. The molecule has 0 saturated heterocycles. The SMILES string of the molecule is O=c1[nH]c(-c2ccc(OCCCC(F)(F)F)cc2)cc(-c2cc3ccccc3s2)c1-c1nn[nH]n1. The first-order chi connectivity index (χ1) is 16.9. The third-order valence-corrected chi connectivity index (χ3v) is 6.48. The lowest BCUT2D eigenvalue weighted by molar-refractivity contribution is -0.136. The van der Waals surface area contributed by atoms with E-state index in [0.29, 0.717) is 28.1 Å². The number of fused-ring (bicyclic) bond motifs is 1. The van der Waals surface area contributed by atoms with Crippen LogP contribution in [0.3, 0.4) is 0 Å². The predicted octanol–water partition coefficient (Wildman–Crippen LogP) is 5.83. The number of tetrazole rings is 1. The van der Waals surface area contributed by atoms with Gasteiger partial charge in [-0.1, -0.05) is 18.2 Å². The molecule has 178 valence electrons. The van der Waals surface area contributed by atoms with Crippen LogP contribution in [-0.4, -0.2) is 38.4 Å². The average Bonchev–Trinajstić information content (AvgIpc) is 3.51. The van der Waals surface area contributed by atoms with E-state index in [9.17, 15) is 18.0 Å². The molecule has 2 N–H and O–H groups in total. The van der Waals surface area contributed by atoms with Crippen LogP contribution in [0.1, 0.15) is 12.8 Å². The Kier molecular flexibility index (Phi) is 6.08. The second kappa shape index (κ2) is 9.34. The molecule has 7 nitrogen and oxygen atoms in total. The van der Waals surface area contributed by atoms with Gasteiger partial charge in [-0.15, -0.1) is 21.5 Å². The van der Waals surface area contributed by atoms with Gasteiger partial charge in [-0.25, -0.2) is 0 Å². The lowest BCUT2D eigenvalue weighted by Gasteiger charge is -2.10. The number of aromatic nitrogens is 5. The summed E-state index contributed by atoms with van der Waals surface area (Å²) >= 11 is 1.55. The first kappa shape index (κ1) is 22.8. The molecule has 0 radical (unpaired) electrons. The van der Waals surface area contributed by atoms with Gasteiger partial charge in [0.05, 0.1) is 12.2 Å². The lowest BCUT2D eigenvalue weighted by atomic mass is 10.0. The quantitative estimate of drug-likeness (QED) is 0.276. The van der Waals surface area contributed by atoms with Gasteiger partial charge in [-0.2, -0.15) is 18.4 Å². The number of nitrogens with one attached hydrogen (secondary N) is 2. The molecule has 0 aliphatic heterocycles. The molecule has 2 aromatic carbocycles. The summed E-state index contributed by atoms with van der Waals surface area (Å²) in [5.41, 5.74) is 1.88. The molecule has 3 heterocycles. The number of pyridine rings is 1. The van der Waals surface area contributed by atoms with E-state index in [0.717, 1.165) is 15.0 Å². The molecule has 0 atom stereocenters. The van der Waals surface area contributed by atoms with Crippen LogP contribution in [0.15, 0.2) is 65.5 Å². The lowest BCUT2D eigenvalue weighted by Crippen LogP contribution is -2.12. The van der Waals surface area contributed by atoms with E-state index >= 15 is 0 Å². The van der Waals surface area contributed by atoms with Crippen molar-refractivity contribution in [2.24, 2.45) is 0 Å². The van der Waals surface area contributed by atoms with Gasteiger partial charge >= 0.3 is 6.18 Å². The molecule has 0 saturated carbocycles. The van der Waals surface area contributed by atoms with Crippen molar-refractivity contribution in [2.75, 3.05) is 6.61 Å². The number of hydrogen-bond donors (Lipinski definition) is 2. The Morgan fingerprint density at radius 3 is 2.54 bits per heavy atom. The number of hydrogen-bond acceptors (Lipinski definition) is 6. The van der Waals surface area contributed by atoms with Crippen LogP contribution in [0.5, 0.6) is 5.75 Å². The fraction of sp³-hybridized carbons (Fsp3) is 0.167. The molecule has 0 bridgehead atoms. The summed E-state index contributed by atoms with van der Waals surface area (Å²) in [4.78, 5) is 16.9. The first-order valence-corrected chi connectivity index (χ1v) is 11.5. The highest BCUT2D eigenvalue weighted by Gasteiger charge is 2.26. The number of ether oxygens (including phenoxy) is 1. The minimum Gasteiger partial charge on any atom is -0.494 e. The maximum Gasteiger partial charge on any atom is 0.389 e. The van der Waals surface area contributed by atoms with E-state index in [1.165, 1.54) is 0 Å². The number of nitrogens with zero attached hydrogens (tertiary/aromatic N) is 3. The maximum atomic E-state index is 13.2. The average molecular weight is 498 g/mol. The molecule has 0 aliphatic carbocycles. The van der Waals surface area contributed by atoms with Gasteiger partial charge in [0, 0.05) is 27.3 Å². The fourth-order valence-electron chi connectivity index (χ4n) is 3.71. The topological polar surface area (TPSA) is 96.5 Å². The zero-order chi connectivity index (χ0) is 24.4. The number of alkyl halides is 3. The third-order valence-electron chi connectivity index (χ3n) is 5.33. The van der Waals surface area contributed by atoms with Gasteiger partial charge in [-0.3, -0.25) is 4.79 Å². The number of rotatable bonds is 7. The number of benzene rings is 2. The largest absolute Gasteiger partial charge is 0.494 e. The van der Waals surface area contributed by atoms with Crippen LogP contribution in [0.25, 0.3) is 43.2 Å². The Hall–Kier alpha value is -3.99. The maximum absolute atomic E-state index is 13.2. The number of H-pyrrole nitrogens is 2. The molecule has 0 aliphatic rings. The van der Waals surface area contributed by atoms with Gasteiger partial charge in [0.2, 0.25) is 5.82 Å². The van der Waals surface area contributed by atoms with Crippen molar-refractivity contribution in [3.63, 3.8) is 0 Å². The summed E-state index contributed by atoms with van der Waals surface area (Å²) in [7, 11) is 0. The van der Waals surface area contributed by atoms with E-state index in [1.807, 2.05) is 36.4 Å². The van der Waals surface area contributed by atoms with Gasteiger partial charge in [0.15, 0.2) is 0 Å². The standard InChI is InChI=1S/C24H18F3N5O2S/c25-24(26,27)10-3-11-34-16-8-6-14(7-9-16)18-13-17(20-12-15-4-1-2-5-19(15)35-20)21(23(33)28-18)22-29-31-32-30-22/h1-2,4-9,12-13H,3,10-11H2,(H,28,33)(H,29,30,31,32). The van der Waals surface area contributed by atoms with E-state index in [4.69, 9.17) is 4.74 Å². The third kappa shape index (κ3) is 5.09. The fourth-order valence-corrected chi connectivity index (χ4v) is 4.79. The van der Waals surface area contributed by atoms with Crippen molar-refractivity contribution in [1.29, 1.82) is 0 Å². The zero-order valence-electron chi connectivity index (χ0n) is 18.1. The van der Waals surface area contributed by atoms with Gasteiger partial charge in [0.25, 0.3) is 5.56 Å². The Bertz CT molecular complexity index is 1480. The predicted molar refractivity (Wildman–Crippen MR) is 127 cm³/mol. The molecule has 0 amide bonds. The minimum atomic E-state index is -4.20.